The van der Waals surface area contributed by atoms with Crippen molar-refractivity contribution in [1.29, 1.82) is 0 Å². The number of nitrogens with zero attached hydrogens (tertiary/aromatic N) is 1. The highest BCUT2D eigenvalue weighted by Crippen LogP contribution is 2.39. The van der Waals surface area contributed by atoms with E-state index in [0.717, 1.165) is 61.0 Å². The molecule has 164 valence electrons. The number of amides is 1. The van der Waals surface area contributed by atoms with Crippen molar-refractivity contribution in [2.45, 2.75) is 59.8 Å². The summed E-state index contributed by atoms with van der Waals surface area (Å²) in [6, 6.07) is 13.5. The van der Waals surface area contributed by atoms with E-state index in [0.29, 0.717) is 6.42 Å². The van der Waals surface area contributed by atoms with Crippen LogP contribution in [0.5, 0.6) is 0 Å². The van der Waals surface area contributed by atoms with Crippen LogP contribution in [0.1, 0.15) is 75.1 Å². The second-order valence-electron chi connectivity index (χ2n) is 8.59. The fourth-order valence-corrected chi connectivity index (χ4v) is 4.31. The van der Waals surface area contributed by atoms with Gasteiger partial charge in [0, 0.05) is 13.1 Å². The van der Waals surface area contributed by atoms with Crippen LogP contribution in [0.3, 0.4) is 0 Å². The molecule has 0 saturated heterocycles. The van der Waals surface area contributed by atoms with Gasteiger partial charge in [-0.1, -0.05) is 61.4 Å². The minimum atomic E-state index is -0.257. The Morgan fingerprint density at radius 1 is 0.968 bits per heavy atom. The third-order valence-electron chi connectivity index (χ3n) is 6.02. The summed E-state index contributed by atoms with van der Waals surface area (Å²) < 4.78 is 14.3. The molecule has 0 radical (unpaired) electrons. The molecule has 0 bridgehead atoms. The van der Waals surface area contributed by atoms with Gasteiger partial charge in [0.15, 0.2) is 0 Å². The lowest BCUT2D eigenvalue weighted by Gasteiger charge is -2.23. The molecule has 0 heterocycles. The highest BCUT2D eigenvalue weighted by molar-refractivity contribution is 5.95. The van der Waals surface area contributed by atoms with Gasteiger partial charge in [-0.3, -0.25) is 4.79 Å². The molecular weight excluding hydrogens is 385 g/mol. The van der Waals surface area contributed by atoms with Crippen molar-refractivity contribution in [2.24, 2.45) is 0 Å². The van der Waals surface area contributed by atoms with E-state index >= 15 is 0 Å². The number of hydrogen-bond donors (Lipinski definition) is 0. The molecule has 0 aromatic heterocycles. The Bertz CT molecular complexity index is 979. The molecule has 0 atom stereocenters. The topological polar surface area (TPSA) is 20.3 Å². The number of carbonyl (C=O) groups is 1. The van der Waals surface area contributed by atoms with Crippen molar-refractivity contribution in [3.8, 4) is 0 Å². The summed E-state index contributed by atoms with van der Waals surface area (Å²) in [4.78, 5) is 15.1. The fraction of sp³-hybridized carbons (Fsp3) is 0.393. The highest BCUT2D eigenvalue weighted by atomic mass is 19.1. The van der Waals surface area contributed by atoms with Gasteiger partial charge in [-0.2, -0.15) is 0 Å². The fourth-order valence-electron chi connectivity index (χ4n) is 4.31. The van der Waals surface area contributed by atoms with Gasteiger partial charge in [0.25, 0.3) is 0 Å². The Labute approximate surface area is 186 Å². The Balaban J connectivity index is 2.00. The van der Waals surface area contributed by atoms with E-state index < -0.39 is 0 Å². The molecule has 0 N–H and O–H groups in total. The predicted octanol–water partition coefficient (Wildman–Crippen LogP) is 7.28. The van der Waals surface area contributed by atoms with Gasteiger partial charge in [0.05, 0.1) is 6.42 Å². The number of fused-ring (bicyclic) bond motifs is 1. The molecule has 2 aromatic carbocycles. The predicted molar refractivity (Wildman–Crippen MR) is 129 cm³/mol. The van der Waals surface area contributed by atoms with Gasteiger partial charge in [-0.15, -0.1) is 0 Å². The molecule has 0 fully saturated rings. The number of allylic oxidation sites excluding steroid dienone is 2. The van der Waals surface area contributed by atoms with Crippen molar-refractivity contribution in [1.82, 2.24) is 4.90 Å². The molecule has 1 aliphatic rings. The smallest absolute Gasteiger partial charge is 0.227 e. The molecule has 0 aliphatic heterocycles. The Hall–Kier alpha value is -2.68. The normalized spacial score (nSPS) is 15.1. The van der Waals surface area contributed by atoms with Crippen LogP contribution in [0.4, 0.5) is 4.39 Å². The number of halogens is 1. The molecule has 2 aromatic rings. The first-order chi connectivity index (χ1) is 14.9. The van der Waals surface area contributed by atoms with Gasteiger partial charge in [0.2, 0.25) is 5.91 Å². The first-order valence-corrected chi connectivity index (χ1v) is 11.5. The summed E-state index contributed by atoms with van der Waals surface area (Å²) in [5.41, 5.74) is 7.65. The summed E-state index contributed by atoms with van der Waals surface area (Å²) in [5.74, 6) is -0.119. The van der Waals surface area contributed by atoms with Crippen molar-refractivity contribution >= 4 is 23.1 Å². The minimum Gasteiger partial charge on any atom is -0.342 e. The molecule has 3 rings (SSSR count). The van der Waals surface area contributed by atoms with Crippen molar-refractivity contribution in [2.75, 3.05) is 13.1 Å². The third kappa shape index (κ3) is 5.72. The van der Waals surface area contributed by atoms with Crippen molar-refractivity contribution in [3.63, 3.8) is 0 Å². The van der Waals surface area contributed by atoms with E-state index in [4.69, 9.17) is 0 Å². The highest BCUT2D eigenvalue weighted by Gasteiger charge is 2.23. The molecule has 0 spiro atoms. The lowest BCUT2D eigenvalue weighted by molar-refractivity contribution is -0.130. The Kier molecular flexibility index (Phi) is 7.84. The Morgan fingerprint density at radius 3 is 2.29 bits per heavy atom. The maximum absolute atomic E-state index is 14.3. The number of benzene rings is 2. The minimum absolute atomic E-state index is 0.138. The monoisotopic (exact) mass is 419 g/mol. The van der Waals surface area contributed by atoms with E-state index in [2.05, 4.69) is 58.0 Å². The first-order valence-electron chi connectivity index (χ1n) is 11.5. The molecule has 0 saturated carbocycles. The van der Waals surface area contributed by atoms with E-state index in [1.54, 1.807) is 6.07 Å². The summed E-state index contributed by atoms with van der Waals surface area (Å²) in [7, 11) is 0. The van der Waals surface area contributed by atoms with Crippen molar-refractivity contribution in [3.05, 3.63) is 76.1 Å². The summed E-state index contributed by atoms with van der Waals surface area (Å²) >= 11 is 0. The summed E-state index contributed by atoms with van der Waals surface area (Å²) in [6.45, 7) is 9.91. The lowest BCUT2D eigenvalue weighted by Crippen LogP contribution is -2.32. The van der Waals surface area contributed by atoms with Crippen LogP contribution in [0, 0.1) is 12.7 Å². The van der Waals surface area contributed by atoms with E-state index in [-0.39, 0.29) is 11.7 Å². The van der Waals surface area contributed by atoms with Crippen LogP contribution in [-0.4, -0.2) is 23.9 Å². The maximum atomic E-state index is 14.3. The molecule has 3 heteroatoms. The molecular formula is C28H34FNO. The summed E-state index contributed by atoms with van der Waals surface area (Å²) in [5, 5.41) is 0. The average molecular weight is 420 g/mol. The zero-order valence-electron chi connectivity index (χ0n) is 19.3. The largest absolute Gasteiger partial charge is 0.342 e. The molecule has 1 aliphatic carbocycles. The SMILES string of the molecule is CCCN(CCC)C(=O)CC1=C(C)CC/C(=C/c2ccc(C)cc2)c2ccc(F)cc21. The van der Waals surface area contributed by atoms with Crippen LogP contribution in [0.25, 0.3) is 17.2 Å². The average Bonchev–Trinajstić information content (AvgIpc) is 2.87. The van der Waals surface area contributed by atoms with E-state index in [9.17, 15) is 9.18 Å². The van der Waals surface area contributed by atoms with Crippen LogP contribution < -0.4 is 0 Å². The van der Waals surface area contributed by atoms with Crippen molar-refractivity contribution < 1.29 is 9.18 Å². The zero-order valence-corrected chi connectivity index (χ0v) is 19.3. The number of aryl methyl sites for hydroxylation is 1. The number of rotatable bonds is 7. The quantitative estimate of drug-likeness (QED) is 0.462. The first kappa shape index (κ1) is 23.0. The van der Waals surface area contributed by atoms with Gasteiger partial charge in [-0.25, -0.2) is 4.39 Å². The van der Waals surface area contributed by atoms with E-state index in [1.165, 1.54) is 22.8 Å². The van der Waals surface area contributed by atoms with Gasteiger partial charge in [0.1, 0.15) is 5.82 Å². The Morgan fingerprint density at radius 2 is 1.65 bits per heavy atom. The number of hydrogen-bond acceptors (Lipinski definition) is 1. The maximum Gasteiger partial charge on any atom is 0.227 e. The molecule has 1 amide bonds. The molecule has 31 heavy (non-hydrogen) atoms. The van der Waals surface area contributed by atoms with Crippen LogP contribution in [-0.2, 0) is 4.79 Å². The third-order valence-corrected chi connectivity index (χ3v) is 6.02. The van der Waals surface area contributed by atoms with Gasteiger partial charge in [-0.05, 0) is 79.5 Å². The van der Waals surface area contributed by atoms with E-state index in [1.807, 2.05) is 11.0 Å². The van der Waals surface area contributed by atoms with Crippen LogP contribution in [0.15, 0.2) is 48.0 Å². The number of carbonyl (C=O) groups excluding carboxylic acids is 1. The summed E-state index contributed by atoms with van der Waals surface area (Å²) in [6.07, 6.45) is 6.17. The van der Waals surface area contributed by atoms with Crippen LogP contribution >= 0.6 is 0 Å². The second-order valence-corrected chi connectivity index (χ2v) is 8.59. The van der Waals surface area contributed by atoms with Gasteiger partial charge >= 0.3 is 0 Å². The molecule has 2 nitrogen and oxygen atoms in total. The second kappa shape index (κ2) is 10.6. The van der Waals surface area contributed by atoms with Gasteiger partial charge < -0.3 is 4.90 Å². The molecule has 0 unspecified atom stereocenters. The van der Waals surface area contributed by atoms with Crippen LogP contribution in [0.2, 0.25) is 0 Å². The lowest BCUT2D eigenvalue weighted by atomic mass is 9.91. The standard InChI is InChI=1S/C28H34FNO/c1-5-15-30(16-6-2)28(31)19-26-21(4)9-12-23(17-22-10-7-20(3)8-11-22)25-14-13-24(29)18-27(25)26/h7-8,10-11,13-14,17-18H,5-6,9,12,15-16,19H2,1-4H3/b23-17-. The zero-order chi connectivity index (χ0) is 22.4.